The van der Waals surface area contributed by atoms with Crippen LogP contribution in [0.15, 0.2) is 41.0 Å². The zero-order valence-corrected chi connectivity index (χ0v) is 12.0. The molecule has 5 heteroatoms. The number of aryl methyl sites for hydroxylation is 1. The third kappa shape index (κ3) is 2.11. The van der Waals surface area contributed by atoms with Crippen LogP contribution in [0.3, 0.4) is 0 Å². The zero-order chi connectivity index (χ0) is 12.5. The maximum absolute atomic E-state index is 4.53. The molecule has 3 nitrogen and oxygen atoms in total. The Labute approximate surface area is 117 Å². The number of aromatic nitrogens is 2. The third-order valence-electron chi connectivity index (χ3n) is 2.60. The number of fused-ring (bicyclic) bond motifs is 1. The number of anilines is 2. The van der Waals surface area contributed by atoms with Crippen LogP contribution in [-0.2, 0) is 0 Å². The highest BCUT2D eigenvalue weighted by molar-refractivity contribution is 9.10. The van der Waals surface area contributed by atoms with Crippen LogP contribution in [0.5, 0.6) is 0 Å². The molecule has 0 saturated carbocycles. The SMILES string of the molecule is Cc1ccnc(Nc2nc3ccccc3s2)c1Br. The number of nitrogens with one attached hydrogen (secondary N) is 1. The quantitative estimate of drug-likeness (QED) is 0.755. The van der Waals surface area contributed by atoms with Gasteiger partial charge in [-0.25, -0.2) is 9.97 Å². The largest absolute Gasteiger partial charge is 0.315 e. The van der Waals surface area contributed by atoms with E-state index >= 15 is 0 Å². The second-order valence-corrected chi connectivity index (χ2v) is 5.73. The lowest BCUT2D eigenvalue weighted by atomic mass is 10.3. The second-order valence-electron chi connectivity index (χ2n) is 3.90. The molecule has 0 atom stereocenters. The number of benzene rings is 1. The number of hydrogen-bond acceptors (Lipinski definition) is 4. The van der Waals surface area contributed by atoms with Crippen molar-refractivity contribution in [3.8, 4) is 0 Å². The van der Waals surface area contributed by atoms with Crippen LogP contribution in [0.2, 0.25) is 0 Å². The fraction of sp³-hybridized carbons (Fsp3) is 0.0769. The van der Waals surface area contributed by atoms with Crippen LogP contribution >= 0.6 is 27.3 Å². The average Bonchev–Trinajstić information content (AvgIpc) is 2.77. The fourth-order valence-electron chi connectivity index (χ4n) is 1.65. The van der Waals surface area contributed by atoms with Crippen molar-refractivity contribution >= 4 is 48.4 Å². The molecule has 1 N–H and O–H groups in total. The van der Waals surface area contributed by atoms with Crippen molar-refractivity contribution in [3.05, 3.63) is 46.6 Å². The molecule has 0 saturated heterocycles. The van der Waals surface area contributed by atoms with Gasteiger partial charge in [-0.2, -0.15) is 0 Å². The molecule has 0 radical (unpaired) electrons. The minimum absolute atomic E-state index is 0.800. The third-order valence-corrected chi connectivity index (χ3v) is 4.55. The molecule has 1 aromatic carbocycles. The molecule has 0 fully saturated rings. The second kappa shape index (κ2) is 4.66. The Morgan fingerprint density at radius 3 is 2.89 bits per heavy atom. The van der Waals surface area contributed by atoms with E-state index in [1.807, 2.05) is 31.2 Å². The van der Waals surface area contributed by atoms with Gasteiger partial charge in [-0.15, -0.1) is 0 Å². The first-order valence-electron chi connectivity index (χ1n) is 5.48. The van der Waals surface area contributed by atoms with Gasteiger partial charge in [0.25, 0.3) is 0 Å². The maximum Gasteiger partial charge on any atom is 0.189 e. The van der Waals surface area contributed by atoms with Gasteiger partial charge in [0.15, 0.2) is 5.13 Å². The number of rotatable bonds is 2. The Hall–Kier alpha value is -1.46. The lowest BCUT2D eigenvalue weighted by molar-refractivity contribution is 1.24. The Morgan fingerprint density at radius 2 is 2.06 bits per heavy atom. The van der Waals surface area contributed by atoms with Crippen molar-refractivity contribution in [2.45, 2.75) is 6.92 Å². The summed E-state index contributed by atoms with van der Waals surface area (Å²) in [7, 11) is 0. The number of hydrogen-bond donors (Lipinski definition) is 1. The Bertz CT molecular complexity index is 675. The molecular weight excluding hydrogens is 310 g/mol. The van der Waals surface area contributed by atoms with Gasteiger partial charge in [0.2, 0.25) is 0 Å². The molecule has 0 spiro atoms. The van der Waals surface area contributed by atoms with Gasteiger partial charge >= 0.3 is 0 Å². The van der Waals surface area contributed by atoms with Crippen LogP contribution in [0.4, 0.5) is 10.9 Å². The molecule has 0 unspecified atom stereocenters. The van der Waals surface area contributed by atoms with Gasteiger partial charge in [-0.05, 0) is 46.6 Å². The minimum atomic E-state index is 0.800. The molecule has 3 rings (SSSR count). The van der Waals surface area contributed by atoms with E-state index in [9.17, 15) is 0 Å². The molecular formula is C13H10BrN3S. The number of pyridine rings is 1. The first-order valence-corrected chi connectivity index (χ1v) is 7.09. The van der Waals surface area contributed by atoms with Gasteiger partial charge < -0.3 is 5.32 Å². The summed E-state index contributed by atoms with van der Waals surface area (Å²) in [5, 5.41) is 4.11. The Kier molecular flexibility index (Phi) is 3.01. The van der Waals surface area contributed by atoms with Gasteiger partial charge in [0.1, 0.15) is 5.82 Å². The monoisotopic (exact) mass is 319 g/mol. The van der Waals surface area contributed by atoms with Crippen LogP contribution in [0.25, 0.3) is 10.2 Å². The van der Waals surface area contributed by atoms with Gasteiger partial charge in [0, 0.05) is 6.20 Å². The molecule has 0 aliphatic heterocycles. The first-order chi connectivity index (χ1) is 8.74. The summed E-state index contributed by atoms with van der Waals surface area (Å²) in [6.07, 6.45) is 1.79. The first kappa shape index (κ1) is 11.6. The number of halogens is 1. The van der Waals surface area contributed by atoms with E-state index in [0.29, 0.717) is 0 Å². The summed E-state index contributed by atoms with van der Waals surface area (Å²) in [6, 6.07) is 10.1. The maximum atomic E-state index is 4.53. The van der Waals surface area contributed by atoms with Gasteiger partial charge in [-0.3, -0.25) is 0 Å². The van der Waals surface area contributed by atoms with Crippen LogP contribution in [-0.4, -0.2) is 9.97 Å². The molecule has 3 aromatic rings. The molecule has 0 aliphatic rings. The van der Waals surface area contributed by atoms with Gasteiger partial charge in [-0.1, -0.05) is 23.5 Å². The summed E-state index contributed by atoms with van der Waals surface area (Å²) < 4.78 is 2.15. The smallest absolute Gasteiger partial charge is 0.189 e. The topological polar surface area (TPSA) is 37.8 Å². The van der Waals surface area contributed by atoms with Crippen molar-refractivity contribution in [1.82, 2.24) is 9.97 Å². The Morgan fingerprint density at radius 1 is 1.22 bits per heavy atom. The Balaban J connectivity index is 1.99. The number of thiazole rings is 1. The summed E-state index contributed by atoms with van der Waals surface area (Å²) in [5.74, 6) is 0.800. The van der Waals surface area contributed by atoms with E-state index in [0.717, 1.165) is 26.5 Å². The lowest BCUT2D eigenvalue weighted by Crippen LogP contribution is -1.94. The van der Waals surface area contributed by atoms with Crippen LogP contribution in [0, 0.1) is 6.92 Å². The van der Waals surface area contributed by atoms with Crippen molar-refractivity contribution in [3.63, 3.8) is 0 Å². The number of para-hydroxylation sites is 1. The summed E-state index contributed by atoms with van der Waals surface area (Å²) >= 11 is 5.16. The highest BCUT2D eigenvalue weighted by atomic mass is 79.9. The van der Waals surface area contributed by atoms with Crippen molar-refractivity contribution in [1.29, 1.82) is 0 Å². The van der Waals surface area contributed by atoms with Crippen molar-refractivity contribution in [2.24, 2.45) is 0 Å². The molecule has 2 aromatic heterocycles. The van der Waals surface area contributed by atoms with E-state index < -0.39 is 0 Å². The average molecular weight is 320 g/mol. The summed E-state index contributed by atoms with van der Waals surface area (Å²) in [5.41, 5.74) is 2.15. The predicted molar refractivity (Wildman–Crippen MR) is 79.6 cm³/mol. The van der Waals surface area contributed by atoms with E-state index in [4.69, 9.17) is 0 Å². The van der Waals surface area contributed by atoms with Crippen molar-refractivity contribution < 1.29 is 0 Å². The van der Waals surface area contributed by atoms with E-state index in [1.165, 1.54) is 4.70 Å². The molecule has 0 bridgehead atoms. The molecule has 0 aliphatic carbocycles. The van der Waals surface area contributed by atoms with E-state index in [-0.39, 0.29) is 0 Å². The normalized spacial score (nSPS) is 10.8. The minimum Gasteiger partial charge on any atom is -0.315 e. The van der Waals surface area contributed by atoms with Crippen molar-refractivity contribution in [2.75, 3.05) is 5.32 Å². The molecule has 90 valence electrons. The van der Waals surface area contributed by atoms with E-state index in [2.05, 4.69) is 37.3 Å². The molecule has 0 amide bonds. The molecule has 2 heterocycles. The van der Waals surface area contributed by atoms with Crippen LogP contribution in [0.1, 0.15) is 5.56 Å². The summed E-state index contributed by atoms with van der Waals surface area (Å²) in [4.78, 5) is 8.84. The van der Waals surface area contributed by atoms with Crippen LogP contribution < -0.4 is 5.32 Å². The zero-order valence-electron chi connectivity index (χ0n) is 9.64. The fourth-order valence-corrected chi connectivity index (χ4v) is 2.85. The number of nitrogens with zero attached hydrogens (tertiary/aromatic N) is 2. The standard InChI is InChI=1S/C13H10BrN3S/c1-8-6-7-15-12(11(8)14)17-13-16-9-4-2-3-5-10(9)18-13/h2-7H,1H3,(H,15,16,17). The summed E-state index contributed by atoms with van der Waals surface area (Å²) in [6.45, 7) is 2.04. The lowest BCUT2D eigenvalue weighted by Gasteiger charge is -2.05. The molecule has 18 heavy (non-hydrogen) atoms. The highest BCUT2D eigenvalue weighted by Gasteiger charge is 2.07. The predicted octanol–water partition coefficient (Wildman–Crippen LogP) is 4.51. The van der Waals surface area contributed by atoms with Gasteiger partial charge in [0.05, 0.1) is 14.7 Å². The van der Waals surface area contributed by atoms with E-state index in [1.54, 1.807) is 17.5 Å². The highest BCUT2D eigenvalue weighted by Crippen LogP contribution is 2.31.